The number of ether oxygens (including phenoxy) is 1. The van der Waals surface area contributed by atoms with Crippen LogP contribution < -0.4 is 10.0 Å². The molecule has 0 spiro atoms. The van der Waals surface area contributed by atoms with Gasteiger partial charge in [-0.15, -0.1) is 12.4 Å². The van der Waals surface area contributed by atoms with E-state index in [1.807, 2.05) is 0 Å². The van der Waals surface area contributed by atoms with Crippen LogP contribution in [0.2, 0.25) is 0 Å². The first-order chi connectivity index (χ1) is 7.97. The highest BCUT2D eigenvalue weighted by Crippen LogP contribution is 2.26. The maximum atomic E-state index is 11.7. The molecule has 0 bridgehead atoms. The van der Waals surface area contributed by atoms with E-state index in [0.29, 0.717) is 19.6 Å². The van der Waals surface area contributed by atoms with E-state index in [1.165, 1.54) is 0 Å². The lowest BCUT2D eigenvalue weighted by atomic mass is 9.81. The molecule has 0 aromatic carbocycles. The van der Waals surface area contributed by atoms with Gasteiger partial charge < -0.3 is 10.1 Å². The number of halogens is 1. The summed E-state index contributed by atoms with van der Waals surface area (Å²) in [5.74, 6) is 0.148. The Morgan fingerprint density at radius 2 is 1.94 bits per heavy atom. The van der Waals surface area contributed by atoms with Crippen LogP contribution in [0.3, 0.4) is 0 Å². The Balaban J connectivity index is 0.00000289. The summed E-state index contributed by atoms with van der Waals surface area (Å²) in [6.07, 6.45) is 2.59. The van der Waals surface area contributed by atoms with Crippen LogP contribution in [-0.4, -0.2) is 47.5 Å². The third kappa shape index (κ3) is 6.89. The standard InChI is InChI=1S/C11H24N2O3S.ClH/c1-11(4-6-12-7-5-11)10-13-17(14,15)9-3-8-16-2;/h12-13H,3-10H2,1-2H3;1H. The molecule has 0 saturated carbocycles. The van der Waals surface area contributed by atoms with Crippen LogP contribution in [0.5, 0.6) is 0 Å². The molecule has 0 aromatic heterocycles. The second-order valence-electron chi connectivity index (χ2n) is 5.05. The van der Waals surface area contributed by atoms with Gasteiger partial charge in [0.05, 0.1) is 5.75 Å². The fourth-order valence-corrected chi connectivity index (χ4v) is 3.17. The van der Waals surface area contributed by atoms with Crippen molar-refractivity contribution in [3.05, 3.63) is 0 Å². The van der Waals surface area contributed by atoms with E-state index in [0.717, 1.165) is 25.9 Å². The normalized spacial score (nSPS) is 19.2. The first-order valence-electron chi connectivity index (χ1n) is 6.14. The Morgan fingerprint density at radius 3 is 2.50 bits per heavy atom. The van der Waals surface area contributed by atoms with Gasteiger partial charge in [0.15, 0.2) is 0 Å². The predicted molar refractivity (Wildman–Crippen MR) is 75.7 cm³/mol. The molecular formula is C11H25ClN2O3S. The van der Waals surface area contributed by atoms with Crippen molar-refractivity contribution in [2.45, 2.75) is 26.2 Å². The van der Waals surface area contributed by atoms with Gasteiger partial charge in [-0.2, -0.15) is 0 Å². The zero-order valence-electron chi connectivity index (χ0n) is 11.2. The van der Waals surface area contributed by atoms with Crippen molar-refractivity contribution in [2.24, 2.45) is 5.41 Å². The summed E-state index contributed by atoms with van der Waals surface area (Å²) < 4.78 is 31.0. The number of methoxy groups -OCH3 is 1. The third-order valence-electron chi connectivity index (χ3n) is 3.29. The Labute approximate surface area is 117 Å². The van der Waals surface area contributed by atoms with Crippen molar-refractivity contribution in [1.82, 2.24) is 10.0 Å². The highest BCUT2D eigenvalue weighted by atomic mass is 35.5. The van der Waals surface area contributed by atoms with E-state index in [-0.39, 0.29) is 23.6 Å². The highest BCUT2D eigenvalue weighted by Gasteiger charge is 2.27. The number of rotatable bonds is 7. The van der Waals surface area contributed by atoms with E-state index >= 15 is 0 Å². The van der Waals surface area contributed by atoms with Crippen molar-refractivity contribution in [2.75, 3.05) is 39.1 Å². The number of hydrogen-bond donors (Lipinski definition) is 2. The van der Waals surface area contributed by atoms with E-state index in [4.69, 9.17) is 4.74 Å². The van der Waals surface area contributed by atoms with Gasteiger partial charge in [0, 0.05) is 20.3 Å². The molecule has 1 heterocycles. The van der Waals surface area contributed by atoms with Crippen LogP contribution in [0.1, 0.15) is 26.2 Å². The minimum absolute atomic E-state index is 0. The number of nitrogens with one attached hydrogen (secondary N) is 2. The molecule has 0 aromatic rings. The monoisotopic (exact) mass is 300 g/mol. The zero-order valence-corrected chi connectivity index (χ0v) is 12.8. The third-order valence-corrected chi connectivity index (χ3v) is 4.70. The number of hydrogen-bond acceptors (Lipinski definition) is 4. The second kappa shape index (κ2) is 8.32. The summed E-state index contributed by atoms with van der Waals surface area (Å²) in [4.78, 5) is 0. The van der Waals surface area contributed by atoms with Gasteiger partial charge in [0.2, 0.25) is 10.0 Å². The van der Waals surface area contributed by atoms with Crippen LogP contribution in [0, 0.1) is 5.41 Å². The van der Waals surface area contributed by atoms with Crippen LogP contribution in [0.4, 0.5) is 0 Å². The van der Waals surface area contributed by atoms with Crippen molar-refractivity contribution >= 4 is 22.4 Å². The van der Waals surface area contributed by atoms with E-state index in [1.54, 1.807) is 7.11 Å². The first-order valence-corrected chi connectivity index (χ1v) is 7.80. The molecule has 1 rings (SSSR count). The molecule has 0 amide bonds. The van der Waals surface area contributed by atoms with Gasteiger partial charge >= 0.3 is 0 Å². The molecular weight excluding hydrogens is 276 g/mol. The maximum absolute atomic E-state index is 11.7. The average Bonchev–Trinajstić information content (AvgIpc) is 2.28. The Morgan fingerprint density at radius 1 is 1.33 bits per heavy atom. The van der Waals surface area contributed by atoms with Gasteiger partial charge in [-0.25, -0.2) is 13.1 Å². The van der Waals surface area contributed by atoms with Crippen LogP contribution in [0.25, 0.3) is 0 Å². The van der Waals surface area contributed by atoms with Gasteiger partial charge in [0.25, 0.3) is 0 Å². The summed E-state index contributed by atoms with van der Waals surface area (Å²) in [5.41, 5.74) is 0.0968. The van der Waals surface area contributed by atoms with Crippen LogP contribution in [-0.2, 0) is 14.8 Å². The first kappa shape index (κ1) is 18.1. The lowest BCUT2D eigenvalue weighted by Gasteiger charge is -2.34. The topological polar surface area (TPSA) is 67.4 Å². The molecule has 0 aliphatic carbocycles. The molecule has 5 nitrogen and oxygen atoms in total. The molecule has 18 heavy (non-hydrogen) atoms. The summed E-state index contributed by atoms with van der Waals surface area (Å²) in [5, 5.41) is 3.29. The molecule has 2 N–H and O–H groups in total. The lowest BCUT2D eigenvalue weighted by Crippen LogP contribution is -2.43. The van der Waals surface area contributed by atoms with Crippen molar-refractivity contribution in [3.8, 4) is 0 Å². The minimum Gasteiger partial charge on any atom is -0.385 e. The van der Waals surface area contributed by atoms with Gasteiger partial charge in [0.1, 0.15) is 0 Å². The Bertz CT molecular complexity index is 316. The van der Waals surface area contributed by atoms with Crippen LogP contribution >= 0.6 is 12.4 Å². The molecule has 0 unspecified atom stereocenters. The maximum Gasteiger partial charge on any atom is 0.211 e. The smallest absolute Gasteiger partial charge is 0.211 e. The summed E-state index contributed by atoms with van der Waals surface area (Å²) in [6.45, 7) is 5.13. The van der Waals surface area contributed by atoms with Gasteiger partial charge in [-0.3, -0.25) is 0 Å². The van der Waals surface area contributed by atoms with E-state index < -0.39 is 10.0 Å². The van der Waals surface area contributed by atoms with Crippen molar-refractivity contribution in [3.63, 3.8) is 0 Å². The molecule has 0 atom stereocenters. The number of sulfonamides is 1. The molecule has 1 aliphatic rings. The molecule has 1 fully saturated rings. The predicted octanol–water partition coefficient (Wildman–Crippen LogP) is 0.754. The lowest BCUT2D eigenvalue weighted by molar-refractivity contribution is 0.199. The summed E-state index contributed by atoms with van der Waals surface area (Å²) in [7, 11) is -1.56. The van der Waals surface area contributed by atoms with E-state index in [9.17, 15) is 8.42 Å². The van der Waals surface area contributed by atoms with Gasteiger partial charge in [-0.1, -0.05) is 6.92 Å². The minimum atomic E-state index is -3.14. The Hall–Kier alpha value is 0.120. The zero-order chi connectivity index (χ0) is 12.8. The highest BCUT2D eigenvalue weighted by molar-refractivity contribution is 7.89. The second-order valence-corrected chi connectivity index (χ2v) is 6.97. The summed E-state index contributed by atoms with van der Waals surface area (Å²) >= 11 is 0. The van der Waals surface area contributed by atoms with Gasteiger partial charge in [-0.05, 0) is 37.8 Å². The fraction of sp³-hybridized carbons (Fsp3) is 1.00. The van der Waals surface area contributed by atoms with Crippen LogP contribution in [0.15, 0.2) is 0 Å². The number of piperidine rings is 1. The summed E-state index contributed by atoms with van der Waals surface area (Å²) in [6, 6.07) is 0. The largest absolute Gasteiger partial charge is 0.385 e. The van der Waals surface area contributed by atoms with Crippen molar-refractivity contribution < 1.29 is 13.2 Å². The Kier molecular flexibility index (Phi) is 8.38. The SMILES string of the molecule is COCCCS(=O)(=O)NCC1(C)CCNCC1.Cl. The molecule has 7 heteroatoms. The molecule has 1 aliphatic heterocycles. The van der Waals surface area contributed by atoms with E-state index in [2.05, 4.69) is 17.0 Å². The fourth-order valence-electron chi connectivity index (χ4n) is 1.96. The average molecular weight is 301 g/mol. The molecule has 110 valence electrons. The van der Waals surface area contributed by atoms with Crippen molar-refractivity contribution in [1.29, 1.82) is 0 Å². The quantitative estimate of drug-likeness (QED) is 0.681. The molecule has 1 saturated heterocycles. The molecule has 0 radical (unpaired) electrons.